The van der Waals surface area contributed by atoms with Crippen LogP contribution in [-0.4, -0.2) is 46.7 Å². The summed E-state index contributed by atoms with van der Waals surface area (Å²) in [5.74, 6) is 1.30. The van der Waals surface area contributed by atoms with Gasteiger partial charge >= 0.3 is 0 Å². The van der Waals surface area contributed by atoms with Crippen molar-refractivity contribution in [2.45, 2.75) is 25.6 Å². The summed E-state index contributed by atoms with van der Waals surface area (Å²) >= 11 is 1.66. The number of nitrogens with one attached hydrogen (secondary N) is 2. The van der Waals surface area contributed by atoms with Crippen molar-refractivity contribution in [3.05, 3.63) is 34.5 Å². The van der Waals surface area contributed by atoms with Crippen LogP contribution in [-0.2, 0) is 11.3 Å². The van der Waals surface area contributed by atoms with E-state index in [0.717, 1.165) is 29.7 Å². The van der Waals surface area contributed by atoms with Crippen molar-refractivity contribution in [2.24, 2.45) is 5.92 Å². The zero-order chi connectivity index (χ0) is 15.6. The molecule has 3 unspecified atom stereocenters. The molecular weight excluding hydrogens is 312 g/mol. The highest BCUT2D eigenvalue weighted by Crippen LogP contribution is 2.26. The Morgan fingerprint density at radius 2 is 2.17 bits per heavy atom. The minimum atomic E-state index is 0.299. The minimum Gasteiger partial charge on any atom is -0.373 e. The van der Waals surface area contributed by atoms with Gasteiger partial charge in [-0.3, -0.25) is 10.9 Å². The molecule has 3 atom stereocenters. The number of hydrogen-bond donors (Lipinski definition) is 2. The molecular formula is C15H20N6OS. The first-order valence-corrected chi connectivity index (χ1v) is 8.69. The number of hydrogen-bond acceptors (Lipinski definition) is 8. The number of thiazole rings is 1. The van der Waals surface area contributed by atoms with Gasteiger partial charge in [-0.2, -0.15) is 0 Å². The van der Waals surface area contributed by atoms with E-state index in [1.807, 2.05) is 13.0 Å². The van der Waals surface area contributed by atoms with Gasteiger partial charge in [-0.1, -0.05) is 0 Å². The predicted molar refractivity (Wildman–Crippen MR) is 88.1 cm³/mol. The van der Waals surface area contributed by atoms with Crippen LogP contribution in [0.4, 0.5) is 5.95 Å². The maximum Gasteiger partial charge on any atom is 0.225 e. The maximum atomic E-state index is 5.86. The molecule has 2 aliphatic rings. The molecule has 122 valence electrons. The van der Waals surface area contributed by atoms with Crippen LogP contribution in [0.3, 0.4) is 0 Å². The van der Waals surface area contributed by atoms with Crippen molar-refractivity contribution in [1.29, 1.82) is 0 Å². The molecule has 2 fully saturated rings. The smallest absolute Gasteiger partial charge is 0.225 e. The van der Waals surface area contributed by atoms with Crippen molar-refractivity contribution in [3.63, 3.8) is 0 Å². The number of nitrogens with zero attached hydrogens (tertiary/aromatic N) is 4. The Balaban J connectivity index is 1.31. The molecule has 8 heteroatoms. The fourth-order valence-corrected chi connectivity index (χ4v) is 3.86. The summed E-state index contributed by atoms with van der Waals surface area (Å²) in [6.45, 7) is 5.13. The molecule has 2 aromatic rings. The molecule has 0 aliphatic carbocycles. The Morgan fingerprint density at radius 3 is 2.96 bits per heavy atom. The van der Waals surface area contributed by atoms with E-state index in [4.69, 9.17) is 4.74 Å². The van der Waals surface area contributed by atoms with E-state index < -0.39 is 0 Å². The summed E-state index contributed by atoms with van der Waals surface area (Å²) in [4.78, 5) is 15.4. The third-order valence-electron chi connectivity index (χ3n) is 4.38. The molecule has 0 bridgehead atoms. The van der Waals surface area contributed by atoms with Crippen LogP contribution in [0.5, 0.6) is 0 Å². The summed E-state index contributed by atoms with van der Waals surface area (Å²) in [5.41, 5.74) is 7.76. The Morgan fingerprint density at radius 1 is 1.30 bits per heavy atom. The monoisotopic (exact) mass is 332 g/mol. The maximum absolute atomic E-state index is 5.86. The van der Waals surface area contributed by atoms with Crippen molar-refractivity contribution in [2.75, 3.05) is 24.6 Å². The predicted octanol–water partition coefficient (Wildman–Crippen LogP) is 0.740. The van der Waals surface area contributed by atoms with Crippen LogP contribution in [0.15, 0.2) is 23.8 Å². The van der Waals surface area contributed by atoms with E-state index in [9.17, 15) is 0 Å². The third-order valence-corrected chi connectivity index (χ3v) is 5.21. The number of hydrazine groups is 1. The zero-order valence-electron chi connectivity index (χ0n) is 13.0. The standard InChI is InChI=1S/C15H20N6OS/c1-10-18-11(9-23-10)7-22-8-14-12-5-21(6-13(12)19-20-14)15-16-3-2-4-17-15/h2-4,9,12-14,19-20H,5-8H2,1H3. The lowest BCUT2D eigenvalue weighted by molar-refractivity contribution is 0.0910. The van der Waals surface area contributed by atoms with Gasteiger partial charge in [0.1, 0.15) is 0 Å². The van der Waals surface area contributed by atoms with Crippen LogP contribution in [0.2, 0.25) is 0 Å². The molecule has 7 nitrogen and oxygen atoms in total. The molecule has 0 saturated carbocycles. The van der Waals surface area contributed by atoms with E-state index in [1.165, 1.54) is 0 Å². The molecule has 0 spiro atoms. The van der Waals surface area contributed by atoms with Crippen LogP contribution < -0.4 is 15.8 Å². The lowest BCUT2D eigenvalue weighted by Crippen LogP contribution is -2.41. The summed E-state index contributed by atoms with van der Waals surface area (Å²) < 4.78 is 5.86. The fraction of sp³-hybridized carbons (Fsp3) is 0.533. The second-order valence-electron chi connectivity index (χ2n) is 5.99. The fourth-order valence-electron chi connectivity index (χ4n) is 3.26. The van der Waals surface area contributed by atoms with E-state index in [1.54, 1.807) is 23.7 Å². The third kappa shape index (κ3) is 3.20. The van der Waals surface area contributed by atoms with Crippen molar-refractivity contribution >= 4 is 17.3 Å². The van der Waals surface area contributed by atoms with Crippen LogP contribution in [0.1, 0.15) is 10.7 Å². The van der Waals surface area contributed by atoms with Gasteiger partial charge in [0.15, 0.2) is 0 Å². The van der Waals surface area contributed by atoms with Gasteiger partial charge in [-0.15, -0.1) is 11.3 Å². The first kappa shape index (κ1) is 14.9. The van der Waals surface area contributed by atoms with E-state index in [0.29, 0.717) is 31.2 Å². The SMILES string of the molecule is Cc1nc(COCC2NNC3CN(c4ncccn4)CC23)cs1. The first-order valence-electron chi connectivity index (χ1n) is 7.81. The number of aromatic nitrogens is 3. The first-order chi connectivity index (χ1) is 11.3. The average Bonchev–Trinajstić information content (AvgIpc) is 3.25. The molecule has 4 rings (SSSR count). The largest absolute Gasteiger partial charge is 0.373 e. The van der Waals surface area contributed by atoms with E-state index in [-0.39, 0.29) is 0 Å². The Bertz CT molecular complexity index is 650. The normalized spacial score (nSPS) is 26.7. The summed E-state index contributed by atoms with van der Waals surface area (Å²) in [6.07, 6.45) is 3.58. The van der Waals surface area contributed by atoms with Crippen molar-refractivity contribution in [3.8, 4) is 0 Å². The van der Waals surface area contributed by atoms with Gasteiger partial charge in [-0.25, -0.2) is 15.0 Å². The second kappa shape index (κ2) is 6.48. The van der Waals surface area contributed by atoms with Crippen molar-refractivity contribution in [1.82, 2.24) is 25.8 Å². The topological polar surface area (TPSA) is 75.2 Å². The summed E-state index contributed by atoms with van der Waals surface area (Å²) in [6, 6.07) is 2.55. The molecule has 0 radical (unpaired) electrons. The van der Waals surface area contributed by atoms with Crippen LogP contribution in [0, 0.1) is 12.8 Å². The molecule has 2 aromatic heterocycles. The van der Waals surface area contributed by atoms with Gasteiger partial charge in [0.2, 0.25) is 5.95 Å². The van der Waals surface area contributed by atoms with Gasteiger partial charge in [-0.05, 0) is 13.0 Å². The number of ether oxygens (including phenoxy) is 1. The van der Waals surface area contributed by atoms with Gasteiger partial charge < -0.3 is 9.64 Å². The van der Waals surface area contributed by atoms with Crippen molar-refractivity contribution < 1.29 is 4.74 Å². The average molecular weight is 332 g/mol. The van der Waals surface area contributed by atoms with Gasteiger partial charge in [0, 0.05) is 42.8 Å². The molecule has 2 saturated heterocycles. The van der Waals surface area contributed by atoms with Crippen LogP contribution in [0.25, 0.3) is 0 Å². The van der Waals surface area contributed by atoms with Gasteiger partial charge in [0.25, 0.3) is 0 Å². The molecule has 23 heavy (non-hydrogen) atoms. The van der Waals surface area contributed by atoms with E-state index in [2.05, 4.69) is 36.1 Å². The molecule has 2 N–H and O–H groups in total. The molecule has 0 amide bonds. The Hall–Kier alpha value is -1.61. The Kier molecular flexibility index (Phi) is 4.21. The summed E-state index contributed by atoms with van der Waals surface area (Å²) in [7, 11) is 0. The number of rotatable bonds is 5. The van der Waals surface area contributed by atoms with Crippen LogP contribution >= 0.6 is 11.3 Å². The lowest BCUT2D eigenvalue weighted by atomic mass is 9.98. The molecule has 2 aliphatic heterocycles. The van der Waals surface area contributed by atoms with Gasteiger partial charge in [0.05, 0.1) is 30.0 Å². The zero-order valence-corrected chi connectivity index (χ0v) is 13.8. The molecule has 4 heterocycles. The lowest BCUT2D eigenvalue weighted by Gasteiger charge is -2.20. The number of anilines is 1. The Labute approximate surface area is 139 Å². The highest BCUT2D eigenvalue weighted by molar-refractivity contribution is 7.09. The summed E-state index contributed by atoms with van der Waals surface area (Å²) in [5, 5.41) is 3.14. The van der Waals surface area contributed by atoms with E-state index >= 15 is 0 Å². The minimum absolute atomic E-state index is 0.299. The molecule has 0 aromatic carbocycles. The number of aryl methyl sites for hydroxylation is 1. The highest BCUT2D eigenvalue weighted by Gasteiger charge is 2.43. The quantitative estimate of drug-likeness (QED) is 0.836. The number of fused-ring (bicyclic) bond motifs is 1. The highest BCUT2D eigenvalue weighted by atomic mass is 32.1. The second-order valence-corrected chi connectivity index (χ2v) is 7.05.